The molecule has 2 N–H and O–H groups in total. The summed E-state index contributed by atoms with van der Waals surface area (Å²) in [6.07, 6.45) is 7.79. The molecule has 1 aromatic carbocycles. The molecule has 0 radical (unpaired) electrons. The number of nitrogens with zero attached hydrogens (tertiary/aromatic N) is 1. The van der Waals surface area contributed by atoms with Gasteiger partial charge in [-0.15, -0.1) is 0 Å². The fourth-order valence-corrected chi connectivity index (χ4v) is 3.67. The number of nitrogens with one attached hydrogen (secondary N) is 2. The fraction of sp³-hybridized carbons (Fsp3) is 0.611. The highest BCUT2D eigenvalue weighted by molar-refractivity contribution is 5.80. The van der Waals surface area contributed by atoms with E-state index < -0.39 is 0 Å². The van der Waals surface area contributed by atoms with Gasteiger partial charge in [-0.05, 0) is 31.7 Å². The highest BCUT2D eigenvalue weighted by Crippen LogP contribution is 2.39. The molecule has 0 unspecified atom stereocenters. The molecular formula is C18H27N3. The Bertz CT molecular complexity index is 501. The van der Waals surface area contributed by atoms with Crippen molar-refractivity contribution in [3.8, 4) is 0 Å². The fourth-order valence-electron chi connectivity index (χ4n) is 3.67. The zero-order valence-corrected chi connectivity index (χ0v) is 13.1. The summed E-state index contributed by atoms with van der Waals surface area (Å²) in [5.74, 6) is 0.999. The second kappa shape index (κ2) is 6.50. The van der Waals surface area contributed by atoms with E-state index in [1.54, 1.807) is 0 Å². The van der Waals surface area contributed by atoms with E-state index in [-0.39, 0.29) is 5.41 Å². The molecule has 3 nitrogen and oxygen atoms in total. The van der Waals surface area contributed by atoms with Crippen LogP contribution in [0.4, 0.5) is 0 Å². The maximum atomic E-state index is 4.55. The summed E-state index contributed by atoms with van der Waals surface area (Å²) in [5, 5.41) is 6.97. The molecule has 1 fully saturated rings. The summed E-state index contributed by atoms with van der Waals surface area (Å²) >= 11 is 0. The zero-order chi connectivity index (χ0) is 14.5. The van der Waals surface area contributed by atoms with Crippen molar-refractivity contribution in [2.45, 2.75) is 50.9 Å². The molecule has 1 saturated carbocycles. The van der Waals surface area contributed by atoms with Gasteiger partial charge >= 0.3 is 0 Å². The Labute approximate surface area is 128 Å². The molecule has 21 heavy (non-hydrogen) atoms. The van der Waals surface area contributed by atoms with E-state index >= 15 is 0 Å². The maximum Gasteiger partial charge on any atom is 0.191 e. The third-order valence-corrected chi connectivity index (χ3v) is 4.93. The normalized spacial score (nSPS) is 21.3. The molecule has 3 rings (SSSR count). The minimum Gasteiger partial charge on any atom is -0.356 e. The molecule has 0 spiro atoms. The Morgan fingerprint density at radius 3 is 2.76 bits per heavy atom. The summed E-state index contributed by atoms with van der Waals surface area (Å²) < 4.78 is 0. The predicted molar refractivity (Wildman–Crippen MR) is 88.9 cm³/mol. The van der Waals surface area contributed by atoms with Gasteiger partial charge in [-0.2, -0.15) is 0 Å². The van der Waals surface area contributed by atoms with Crippen molar-refractivity contribution in [2.75, 3.05) is 19.6 Å². The van der Waals surface area contributed by atoms with Crippen molar-refractivity contribution in [1.29, 1.82) is 0 Å². The van der Waals surface area contributed by atoms with Crippen LogP contribution in [0, 0.1) is 6.92 Å². The SMILES string of the molecule is Cc1cccc(C2(CNC3=NCCCN3)CCCCC2)c1. The van der Waals surface area contributed by atoms with Crippen LogP contribution in [0.3, 0.4) is 0 Å². The number of hydrogen-bond donors (Lipinski definition) is 2. The molecule has 1 aliphatic heterocycles. The van der Waals surface area contributed by atoms with Gasteiger partial charge in [0, 0.05) is 25.0 Å². The van der Waals surface area contributed by atoms with Crippen molar-refractivity contribution in [3.63, 3.8) is 0 Å². The molecule has 114 valence electrons. The molecule has 0 atom stereocenters. The first-order valence-corrected chi connectivity index (χ1v) is 8.38. The van der Waals surface area contributed by atoms with Crippen molar-refractivity contribution in [2.24, 2.45) is 4.99 Å². The van der Waals surface area contributed by atoms with Crippen LogP contribution in [-0.4, -0.2) is 25.6 Å². The third kappa shape index (κ3) is 3.39. The average Bonchev–Trinajstić information content (AvgIpc) is 2.55. The van der Waals surface area contributed by atoms with Crippen LogP contribution in [0.5, 0.6) is 0 Å². The minimum absolute atomic E-state index is 0.284. The third-order valence-electron chi connectivity index (χ3n) is 4.93. The lowest BCUT2D eigenvalue weighted by molar-refractivity contribution is 0.291. The van der Waals surface area contributed by atoms with Gasteiger partial charge in [-0.3, -0.25) is 4.99 Å². The zero-order valence-electron chi connectivity index (χ0n) is 13.1. The highest BCUT2D eigenvalue weighted by Gasteiger charge is 2.34. The van der Waals surface area contributed by atoms with Crippen LogP contribution in [0.1, 0.15) is 49.7 Å². The molecule has 0 aromatic heterocycles. The second-order valence-electron chi connectivity index (χ2n) is 6.57. The number of rotatable bonds is 3. The van der Waals surface area contributed by atoms with Gasteiger partial charge in [0.2, 0.25) is 0 Å². The van der Waals surface area contributed by atoms with Crippen molar-refractivity contribution in [3.05, 3.63) is 35.4 Å². The van der Waals surface area contributed by atoms with Gasteiger partial charge < -0.3 is 10.6 Å². The molecule has 2 aliphatic rings. The number of aryl methyl sites for hydroxylation is 1. The van der Waals surface area contributed by atoms with Crippen LogP contribution in [0.15, 0.2) is 29.3 Å². The van der Waals surface area contributed by atoms with E-state index in [0.717, 1.165) is 32.0 Å². The first kappa shape index (κ1) is 14.4. The summed E-state index contributed by atoms with van der Waals surface area (Å²) in [6.45, 7) is 5.19. The molecule has 1 heterocycles. The van der Waals surface area contributed by atoms with E-state index in [4.69, 9.17) is 0 Å². The van der Waals surface area contributed by atoms with E-state index in [1.165, 1.54) is 43.2 Å². The Balaban J connectivity index is 1.78. The lowest BCUT2D eigenvalue weighted by atomic mass is 9.69. The monoisotopic (exact) mass is 285 g/mol. The largest absolute Gasteiger partial charge is 0.356 e. The summed E-state index contributed by atoms with van der Waals surface area (Å²) in [5.41, 5.74) is 3.16. The topological polar surface area (TPSA) is 36.4 Å². The molecule has 0 bridgehead atoms. The van der Waals surface area contributed by atoms with Crippen LogP contribution < -0.4 is 10.6 Å². The molecule has 1 aliphatic carbocycles. The van der Waals surface area contributed by atoms with Crippen LogP contribution in [0.2, 0.25) is 0 Å². The molecule has 0 saturated heterocycles. The van der Waals surface area contributed by atoms with E-state index in [2.05, 4.69) is 46.8 Å². The van der Waals surface area contributed by atoms with Crippen LogP contribution in [0.25, 0.3) is 0 Å². The van der Waals surface area contributed by atoms with Gasteiger partial charge in [0.1, 0.15) is 0 Å². The van der Waals surface area contributed by atoms with Gasteiger partial charge in [0.15, 0.2) is 5.96 Å². The average molecular weight is 285 g/mol. The van der Waals surface area contributed by atoms with E-state index in [1.807, 2.05) is 0 Å². The van der Waals surface area contributed by atoms with E-state index in [0.29, 0.717) is 0 Å². The van der Waals surface area contributed by atoms with Gasteiger partial charge in [0.25, 0.3) is 0 Å². The minimum atomic E-state index is 0.284. The van der Waals surface area contributed by atoms with Gasteiger partial charge in [-0.25, -0.2) is 0 Å². The second-order valence-corrected chi connectivity index (χ2v) is 6.57. The smallest absolute Gasteiger partial charge is 0.191 e. The predicted octanol–water partition coefficient (Wildman–Crippen LogP) is 3.14. The Hall–Kier alpha value is -1.51. The maximum absolute atomic E-state index is 4.55. The molecule has 1 aromatic rings. The summed E-state index contributed by atoms with van der Waals surface area (Å²) in [7, 11) is 0. The Morgan fingerprint density at radius 2 is 2.05 bits per heavy atom. The quantitative estimate of drug-likeness (QED) is 0.895. The first-order chi connectivity index (χ1) is 10.3. The van der Waals surface area contributed by atoms with Crippen molar-refractivity contribution < 1.29 is 0 Å². The summed E-state index contributed by atoms with van der Waals surface area (Å²) in [4.78, 5) is 4.55. The first-order valence-electron chi connectivity index (χ1n) is 8.38. The lowest BCUT2D eigenvalue weighted by Crippen LogP contribution is -2.48. The number of aliphatic imine (C=N–C) groups is 1. The van der Waals surface area contributed by atoms with Crippen LogP contribution in [-0.2, 0) is 5.41 Å². The van der Waals surface area contributed by atoms with Crippen molar-refractivity contribution >= 4 is 5.96 Å². The summed E-state index contributed by atoms with van der Waals surface area (Å²) in [6, 6.07) is 9.09. The molecule has 0 amide bonds. The Kier molecular flexibility index (Phi) is 4.47. The Morgan fingerprint density at radius 1 is 1.19 bits per heavy atom. The van der Waals surface area contributed by atoms with Gasteiger partial charge in [-0.1, -0.05) is 49.1 Å². The van der Waals surface area contributed by atoms with Gasteiger partial charge in [0.05, 0.1) is 0 Å². The number of benzene rings is 1. The number of guanidine groups is 1. The van der Waals surface area contributed by atoms with Crippen LogP contribution >= 0.6 is 0 Å². The lowest BCUT2D eigenvalue weighted by Gasteiger charge is -2.39. The van der Waals surface area contributed by atoms with Crippen molar-refractivity contribution in [1.82, 2.24) is 10.6 Å². The number of hydrogen-bond acceptors (Lipinski definition) is 3. The molecule has 3 heteroatoms. The highest BCUT2D eigenvalue weighted by atomic mass is 15.2. The van der Waals surface area contributed by atoms with E-state index in [9.17, 15) is 0 Å². The standard InChI is InChI=1S/C18H27N3/c1-15-7-5-8-16(13-15)18(9-3-2-4-10-18)14-21-17-19-11-6-12-20-17/h5,7-8,13H,2-4,6,9-12,14H2,1H3,(H2,19,20,21). The molecular weight excluding hydrogens is 258 g/mol.